The van der Waals surface area contributed by atoms with E-state index in [1.165, 1.54) is 29.9 Å². The van der Waals surface area contributed by atoms with Gasteiger partial charge in [-0.2, -0.15) is 4.99 Å². The van der Waals surface area contributed by atoms with E-state index in [0.29, 0.717) is 28.3 Å². The number of thiazole rings is 1. The van der Waals surface area contributed by atoms with Crippen LogP contribution in [0.4, 0.5) is 4.39 Å². The zero-order valence-corrected chi connectivity index (χ0v) is 16.7. The van der Waals surface area contributed by atoms with Crippen LogP contribution in [0.25, 0.3) is 10.2 Å². The molecule has 0 unspecified atom stereocenters. The summed E-state index contributed by atoms with van der Waals surface area (Å²) in [6.07, 6.45) is 0. The standard InChI is InChI=1S/C20H19FN2O5S/c1-3-27-14-5-7-15(8-6-14)28-12-18(24)22-20-23(11-19(25)26-2)16-9-4-13(21)10-17(16)29-20/h4-10H,3,11-12H2,1-2H3. The van der Waals surface area contributed by atoms with Gasteiger partial charge in [0.1, 0.15) is 23.9 Å². The molecule has 2 aromatic carbocycles. The normalized spacial score (nSPS) is 11.5. The van der Waals surface area contributed by atoms with Crippen LogP contribution in [0.5, 0.6) is 11.5 Å². The maximum Gasteiger partial charge on any atom is 0.325 e. The predicted molar refractivity (Wildman–Crippen MR) is 105 cm³/mol. The van der Waals surface area contributed by atoms with Crippen molar-refractivity contribution in [3.63, 3.8) is 0 Å². The van der Waals surface area contributed by atoms with Crippen LogP contribution in [0.3, 0.4) is 0 Å². The first kappa shape index (κ1) is 20.5. The van der Waals surface area contributed by atoms with Crippen molar-refractivity contribution in [2.45, 2.75) is 13.5 Å². The molecular formula is C20H19FN2O5S. The summed E-state index contributed by atoms with van der Waals surface area (Å²) in [7, 11) is 1.27. The Morgan fingerprint density at radius 1 is 1.10 bits per heavy atom. The minimum Gasteiger partial charge on any atom is -0.494 e. The number of carbonyl (C=O) groups excluding carboxylic acids is 2. The van der Waals surface area contributed by atoms with E-state index in [0.717, 1.165) is 11.3 Å². The highest BCUT2D eigenvalue weighted by atomic mass is 32.1. The largest absolute Gasteiger partial charge is 0.494 e. The van der Waals surface area contributed by atoms with Crippen LogP contribution in [-0.2, 0) is 20.9 Å². The molecule has 0 atom stereocenters. The number of methoxy groups -OCH3 is 1. The van der Waals surface area contributed by atoms with Crippen molar-refractivity contribution < 1.29 is 28.2 Å². The summed E-state index contributed by atoms with van der Waals surface area (Å²) in [5, 5.41) is 0. The third-order valence-electron chi connectivity index (χ3n) is 3.88. The van der Waals surface area contributed by atoms with E-state index in [1.807, 2.05) is 6.92 Å². The molecule has 29 heavy (non-hydrogen) atoms. The number of ether oxygens (including phenoxy) is 3. The van der Waals surface area contributed by atoms with Crippen LogP contribution < -0.4 is 14.3 Å². The number of esters is 1. The topological polar surface area (TPSA) is 79.1 Å². The predicted octanol–water partition coefficient (Wildman–Crippen LogP) is 2.92. The smallest absolute Gasteiger partial charge is 0.325 e. The van der Waals surface area contributed by atoms with Gasteiger partial charge in [0, 0.05) is 0 Å². The molecule has 1 heterocycles. The molecule has 0 bridgehead atoms. The molecule has 0 aliphatic carbocycles. The number of aromatic nitrogens is 1. The van der Waals surface area contributed by atoms with Crippen molar-refractivity contribution in [3.8, 4) is 11.5 Å². The van der Waals surface area contributed by atoms with Crippen molar-refractivity contribution in [1.29, 1.82) is 0 Å². The summed E-state index contributed by atoms with van der Waals surface area (Å²) in [5.74, 6) is -0.256. The Morgan fingerprint density at radius 3 is 2.45 bits per heavy atom. The number of nitrogens with zero attached hydrogens (tertiary/aromatic N) is 2. The van der Waals surface area contributed by atoms with E-state index in [9.17, 15) is 14.0 Å². The Hall–Kier alpha value is -3.20. The SMILES string of the molecule is CCOc1ccc(OCC(=O)N=c2sc3cc(F)ccc3n2CC(=O)OC)cc1. The van der Waals surface area contributed by atoms with Gasteiger partial charge in [0.25, 0.3) is 5.91 Å². The first-order valence-corrected chi connectivity index (χ1v) is 9.60. The average molecular weight is 418 g/mol. The molecule has 3 aromatic rings. The van der Waals surface area contributed by atoms with Gasteiger partial charge in [-0.25, -0.2) is 4.39 Å². The summed E-state index contributed by atoms with van der Waals surface area (Å²) in [5.41, 5.74) is 0.584. The minimum atomic E-state index is -0.537. The van der Waals surface area contributed by atoms with Gasteiger partial charge in [0.2, 0.25) is 0 Å². The van der Waals surface area contributed by atoms with Gasteiger partial charge >= 0.3 is 5.97 Å². The van der Waals surface area contributed by atoms with Gasteiger partial charge in [-0.15, -0.1) is 0 Å². The second kappa shape index (κ2) is 9.33. The summed E-state index contributed by atoms with van der Waals surface area (Å²) < 4.78 is 31.1. The van der Waals surface area contributed by atoms with Gasteiger partial charge < -0.3 is 18.8 Å². The fraction of sp³-hybridized carbons (Fsp3) is 0.250. The second-order valence-corrected chi connectivity index (χ2v) is 6.87. The summed E-state index contributed by atoms with van der Waals surface area (Å²) >= 11 is 1.10. The third-order valence-corrected chi connectivity index (χ3v) is 4.92. The maximum absolute atomic E-state index is 13.5. The van der Waals surface area contributed by atoms with E-state index >= 15 is 0 Å². The molecule has 0 saturated carbocycles. The molecule has 0 aliphatic rings. The van der Waals surface area contributed by atoms with Crippen molar-refractivity contribution >= 4 is 33.4 Å². The molecule has 1 amide bonds. The van der Waals surface area contributed by atoms with E-state index < -0.39 is 17.7 Å². The molecule has 0 spiro atoms. The van der Waals surface area contributed by atoms with Crippen LogP contribution in [0.2, 0.25) is 0 Å². The highest BCUT2D eigenvalue weighted by Crippen LogP contribution is 2.19. The Morgan fingerprint density at radius 2 is 1.79 bits per heavy atom. The quantitative estimate of drug-likeness (QED) is 0.552. The molecule has 0 radical (unpaired) electrons. The number of amides is 1. The van der Waals surface area contributed by atoms with Crippen LogP contribution in [0, 0.1) is 5.82 Å². The number of benzene rings is 2. The molecule has 1 aromatic heterocycles. The summed E-state index contributed by atoms with van der Waals surface area (Å²) in [6, 6.07) is 11.0. The zero-order valence-electron chi connectivity index (χ0n) is 15.9. The molecule has 0 N–H and O–H groups in total. The number of carbonyl (C=O) groups is 2. The highest BCUT2D eigenvalue weighted by molar-refractivity contribution is 7.16. The van der Waals surface area contributed by atoms with Gasteiger partial charge in [0.05, 0.1) is 23.9 Å². The minimum absolute atomic E-state index is 0.145. The Bertz CT molecular complexity index is 1090. The van der Waals surface area contributed by atoms with Gasteiger partial charge in [-0.05, 0) is 49.4 Å². The lowest BCUT2D eigenvalue weighted by Gasteiger charge is -2.06. The summed E-state index contributed by atoms with van der Waals surface area (Å²) in [6.45, 7) is 2.02. The van der Waals surface area contributed by atoms with E-state index in [1.54, 1.807) is 24.3 Å². The maximum atomic E-state index is 13.5. The van der Waals surface area contributed by atoms with Crippen molar-refractivity contribution in [2.75, 3.05) is 20.3 Å². The number of halogens is 1. The summed E-state index contributed by atoms with van der Waals surface area (Å²) in [4.78, 5) is 28.3. The first-order valence-electron chi connectivity index (χ1n) is 8.79. The molecule has 0 fully saturated rings. The lowest BCUT2D eigenvalue weighted by molar-refractivity contribution is -0.141. The number of hydrogen-bond donors (Lipinski definition) is 0. The number of hydrogen-bond acceptors (Lipinski definition) is 6. The molecule has 0 aliphatic heterocycles. The lowest BCUT2D eigenvalue weighted by atomic mass is 10.3. The van der Waals surface area contributed by atoms with Crippen molar-refractivity contribution in [1.82, 2.24) is 4.57 Å². The molecule has 0 saturated heterocycles. The van der Waals surface area contributed by atoms with Gasteiger partial charge in [0.15, 0.2) is 11.4 Å². The van der Waals surface area contributed by atoms with Crippen molar-refractivity contribution in [2.24, 2.45) is 4.99 Å². The van der Waals surface area contributed by atoms with Crippen LogP contribution in [0.1, 0.15) is 6.92 Å². The molecule has 3 rings (SSSR count). The molecular weight excluding hydrogens is 399 g/mol. The monoisotopic (exact) mass is 418 g/mol. The third kappa shape index (κ3) is 5.20. The Kier molecular flexibility index (Phi) is 6.61. The van der Waals surface area contributed by atoms with E-state index in [-0.39, 0.29) is 18.0 Å². The Balaban J connectivity index is 1.81. The van der Waals surface area contributed by atoms with Crippen LogP contribution in [0.15, 0.2) is 47.5 Å². The van der Waals surface area contributed by atoms with E-state index in [4.69, 9.17) is 14.2 Å². The van der Waals surface area contributed by atoms with E-state index in [2.05, 4.69) is 4.99 Å². The van der Waals surface area contributed by atoms with Gasteiger partial charge in [-0.3, -0.25) is 9.59 Å². The molecule has 9 heteroatoms. The van der Waals surface area contributed by atoms with Crippen LogP contribution in [-0.4, -0.2) is 36.8 Å². The number of fused-ring (bicyclic) bond motifs is 1. The first-order chi connectivity index (χ1) is 14.0. The lowest BCUT2D eigenvalue weighted by Crippen LogP contribution is -2.23. The van der Waals surface area contributed by atoms with Crippen molar-refractivity contribution in [3.05, 3.63) is 53.1 Å². The Labute approximate surface area is 170 Å². The average Bonchev–Trinajstić information content (AvgIpc) is 3.03. The number of rotatable bonds is 7. The van der Waals surface area contributed by atoms with Gasteiger partial charge in [-0.1, -0.05) is 11.3 Å². The fourth-order valence-corrected chi connectivity index (χ4v) is 3.63. The molecule has 152 valence electrons. The van der Waals surface area contributed by atoms with Crippen LogP contribution >= 0.6 is 11.3 Å². The second-order valence-electron chi connectivity index (χ2n) is 5.86. The zero-order chi connectivity index (χ0) is 20.8. The highest BCUT2D eigenvalue weighted by Gasteiger charge is 2.12. The molecule has 7 nitrogen and oxygen atoms in total. The fourth-order valence-electron chi connectivity index (χ4n) is 2.56.